The lowest BCUT2D eigenvalue weighted by Gasteiger charge is -2.04. The van der Waals surface area contributed by atoms with E-state index < -0.39 is 0 Å². The Bertz CT molecular complexity index is 840. The third kappa shape index (κ3) is 3.73. The van der Waals surface area contributed by atoms with Gasteiger partial charge in [-0.1, -0.05) is 30.3 Å². The molecule has 0 saturated carbocycles. The fourth-order valence-electron chi connectivity index (χ4n) is 2.09. The molecule has 3 N–H and O–H groups in total. The van der Waals surface area contributed by atoms with Crippen LogP contribution in [0.2, 0.25) is 0 Å². The molecule has 2 aromatic carbocycles. The summed E-state index contributed by atoms with van der Waals surface area (Å²) in [6, 6.07) is 13.0. The van der Waals surface area contributed by atoms with Gasteiger partial charge in [-0.05, 0) is 41.3 Å². The lowest BCUT2D eigenvalue weighted by Crippen LogP contribution is -1.91. The van der Waals surface area contributed by atoms with E-state index in [1.54, 1.807) is 24.6 Å². The molecule has 0 aliphatic carbocycles. The summed E-state index contributed by atoms with van der Waals surface area (Å²) in [6.07, 6.45) is 1.71. The number of anilines is 2. The number of nitrogens with two attached hydrogens (primary N) is 1. The lowest BCUT2D eigenvalue weighted by atomic mass is 10.0. The van der Waals surface area contributed by atoms with Crippen LogP contribution in [0.5, 0.6) is 0 Å². The molecule has 6 heteroatoms. The fourth-order valence-corrected chi connectivity index (χ4v) is 2.63. The van der Waals surface area contributed by atoms with E-state index in [0.717, 1.165) is 16.7 Å². The van der Waals surface area contributed by atoms with Crippen LogP contribution in [0.15, 0.2) is 52.9 Å². The molecule has 1 heterocycles. The molecule has 0 aliphatic heterocycles. The number of hydrogen-bond acceptors (Lipinski definition) is 5. The van der Waals surface area contributed by atoms with Crippen LogP contribution in [0.4, 0.5) is 15.3 Å². The predicted octanol–water partition coefficient (Wildman–Crippen LogP) is 4.29. The van der Waals surface area contributed by atoms with Crippen molar-refractivity contribution in [2.24, 2.45) is 5.10 Å². The Morgan fingerprint density at radius 2 is 1.91 bits per heavy atom. The van der Waals surface area contributed by atoms with E-state index in [1.165, 1.54) is 17.4 Å². The number of nitrogens with zero attached hydrogens (tertiary/aromatic N) is 2. The Hall–Kier alpha value is -2.73. The number of nitrogens with one attached hydrogen (secondary N) is 1. The molecule has 4 nitrogen and oxygen atoms in total. The molecule has 23 heavy (non-hydrogen) atoms. The number of nitrogen functional groups attached to an aromatic ring is 1. The van der Waals surface area contributed by atoms with E-state index in [1.807, 2.05) is 30.3 Å². The van der Waals surface area contributed by atoms with Crippen molar-refractivity contribution in [1.29, 1.82) is 0 Å². The third-order valence-corrected chi connectivity index (χ3v) is 4.06. The second-order valence-electron chi connectivity index (χ2n) is 5.03. The van der Waals surface area contributed by atoms with E-state index in [0.29, 0.717) is 16.5 Å². The van der Waals surface area contributed by atoms with Crippen molar-refractivity contribution < 1.29 is 4.39 Å². The normalized spacial score (nSPS) is 11.0. The van der Waals surface area contributed by atoms with E-state index in [2.05, 4.69) is 15.5 Å². The highest BCUT2D eigenvalue weighted by Gasteiger charge is 2.01. The number of hydrazone groups is 1. The number of rotatable bonds is 4. The molecule has 116 valence electrons. The maximum atomic E-state index is 13.3. The molecule has 0 spiro atoms. The first-order valence-electron chi connectivity index (χ1n) is 6.98. The molecule has 3 rings (SSSR count). The number of halogens is 1. The Balaban J connectivity index is 1.70. The molecule has 1 aromatic heterocycles. The highest BCUT2D eigenvalue weighted by molar-refractivity contribution is 7.14. The zero-order valence-electron chi connectivity index (χ0n) is 12.5. The van der Waals surface area contributed by atoms with E-state index in [4.69, 9.17) is 5.73 Å². The molecule has 0 aliphatic rings. The SMILES string of the molecule is Cc1cc(-c2ccc(C=NNc3nc(N)cs3)cc2)ccc1F. The first-order chi connectivity index (χ1) is 11.1. The van der Waals surface area contributed by atoms with Crippen molar-refractivity contribution in [2.45, 2.75) is 6.92 Å². The standard InChI is InChI=1S/C17H15FN4S/c1-11-8-14(6-7-15(11)18)13-4-2-12(3-5-13)9-20-22-17-21-16(19)10-23-17/h2-10H,19H2,1H3,(H,21,22). The van der Waals surface area contributed by atoms with Crippen molar-refractivity contribution >= 4 is 28.5 Å². The molecule has 0 saturated heterocycles. The maximum absolute atomic E-state index is 13.3. The van der Waals surface area contributed by atoms with Gasteiger partial charge in [0, 0.05) is 5.38 Å². The van der Waals surface area contributed by atoms with E-state index in [-0.39, 0.29) is 5.82 Å². The van der Waals surface area contributed by atoms with Crippen LogP contribution in [0.1, 0.15) is 11.1 Å². The van der Waals surface area contributed by atoms with Gasteiger partial charge in [-0.15, -0.1) is 11.3 Å². The summed E-state index contributed by atoms with van der Waals surface area (Å²) < 4.78 is 13.3. The average Bonchev–Trinajstić information content (AvgIpc) is 2.96. The minimum atomic E-state index is -0.189. The Morgan fingerprint density at radius 3 is 2.57 bits per heavy atom. The summed E-state index contributed by atoms with van der Waals surface area (Å²) in [5, 5.41) is 6.52. The number of aromatic nitrogens is 1. The van der Waals surface area contributed by atoms with Crippen LogP contribution in [-0.2, 0) is 0 Å². The van der Waals surface area contributed by atoms with Crippen LogP contribution < -0.4 is 11.2 Å². The van der Waals surface area contributed by atoms with E-state index in [9.17, 15) is 4.39 Å². The second-order valence-corrected chi connectivity index (χ2v) is 5.89. The van der Waals surface area contributed by atoms with Gasteiger partial charge in [0.2, 0.25) is 5.13 Å². The van der Waals surface area contributed by atoms with Gasteiger partial charge in [0.05, 0.1) is 6.21 Å². The molecule has 0 atom stereocenters. The van der Waals surface area contributed by atoms with Gasteiger partial charge in [-0.2, -0.15) is 5.10 Å². The number of hydrogen-bond donors (Lipinski definition) is 2. The number of benzene rings is 2. The first kappa shape index (κ1) is 15.2. The van der Waals surface area contributed by atoms with Gasteiger partial charge in [-0.3, -0.25) is 5.43 Å². The summed E-state index contributed by atoms with van der Waals surface area (Å²) in [5.41, 5.74) is 12.0. The third-order valence-electron chi connectivity index (χ3n) is 3.30. The van der Waals surface area contributed by atoms with Crippen molar-refractivity contribution in [3.05, 3.63) is 64.8 Å². The minimum absolute atomic E-state index is 0.189. The Labute approximate surface area is 137 Å². The minimum Gasteiger partial charge on any atom is -0.383 e. The van der Waals surface area contributed by atoms with Crippen LogP contribution >= 0.6 is 11.3 Å². The summed E-state index contributed by atoms with van der Waals surface area (Å²) >= 11 is 1.40. The van der Waals surface area contributed by atoms with Crippen LogP contribution in [0, 0.1) is 12.7 Å². The number of aryl methyl sites for hydroxylation is 1. The number of thiazole rings is 1. The first-order valence-corrected chi connectivity index (χ1v) is 7.86. The molecule has 0 fully saturated rings. The molecular weight excluding hydrogens is 311 g/mol. The molecule has 0 bridgehead atoms. The molecule has 0 radical (unpaired) electrons. The highest BCUT2D eigenvalue weighted by Crippen LogP contribution is 2.22. The largest absolute Gasteiger partial charge is 0.383 e. The van der Waals surface area contributed by atoms with Crippen molar-refractivity contribution in [1.82, 2.24) is 4.98 Å². The molecule has 0 amide bonds. The fraction of sp³-hybridized carbons (Fsp3) is 0.0588. The van der Waals surface area contributed by atoms with Crippen molar-refractivity contribution in [3.63, 3.8) is 0 Å². The van der Waals surface area contributed by atoms with Gasteiger partial charge in [0.15, 0.2) is 0 Å². The van der Waals surface area contributed by atoms with Crippen LogP contribution in [-0.4, -0.2) is 11.2 Å². The highest BCUT2D eigenvalue weighted by atomic mass is 32.1. The summed E-state index contributed by atoms with van der Waals surface area (Å²) in [7, 11) is 0. The Morgan fingerprint density at radius 1 is 1.17 bits per heavy atom. The molecule has 0 unspecified atom stereocenters. The molecular formula is C17H15FN4S. The van der Waals surface area contributed by atoms with Crippen LogP contribution in [0.25, 0.3) is 11.1 Å². The monoisotopic (exact) mass is 326 g/mol. The second kappa shape index (κ2) is 6.58. The summed E-state index contributed by atoms with van der Waals surface area (Å²) in [5.74, 6) is 0.290. The molecule has 3 aromatic rings. The zero-order valence-corrected chi connectivity index (χ0v) is 13.3. The van der Waals surface area contributed by atoms with Gasteiger partial charge < -0.3 is 5.73 Å². The topological polar surface area (TPSA) is 63.3 Å². The van der Waals surface area contributed by atoms with Gasteiger partial charge in [-0.25, -0.2) is 9.37 Å². The maximum Gasteiger partial charge on any atom is 0.205 e. The summed E-state index contributed by atoms with van der Waals surface area (Å²) in [4.78, 5) is 4.05. The van der Waals surface area contributed by atoms with E-state index >= 15 is 0 Å². The summed E-state index contributed by atoms with van der Waals surface area (Å²) in [6.45, 7) is 1.76. The van der Waals surface area contributed by atoms with Crippen LogP contribution in [0.3, 0.4) is 0 Å². The predicted molar refractivity (Wildman–Crippen MR) is 94.3 cm³/mol. The van der Waals surface area contributed by atoms with Gasteiger partial charge >= 0.3 is 0 Å². The van der Waals surface area contributed by atoms with Crippen molar-refractivity contribution in [3.8, 4) is 11.1 Å². The average molecular weight is 326 g/mol. The van der Waals surface area contributed by atoms with Crippen molar-refractivity contribution in [2.75, 3.05) is 11.2 Å². The smallest absolute Gasteiger partial charge is 0.205 e. The van der Waals surface area contributed by atoms with Gasteiger partial charge in [0.1, 0.15) is 11.6 Å². The Kier molecular flexibility index (Phi) is 4.34. The lowest BCUT2D eigenvalue weighted by molar-refractivity contribution is 0.619. The quantitative estimate of drug-likeness (QED) is 0.555. The van der Waals surface area contributed by atoms with Gasteiger partial charge in [0.25, 0.3) is 0 Å². The zero-order chi connectivity index (χ0) is 16.2.